The van der Waals surface area contributed by atoms with Crippen molar-refractivity contribution in [2.24, 2.45) is 0 Å². The number of nitrogens with zero attached hydrogens (tertiary/aromatic N) is 1. The van der Waals surface area contributed by atoms with Gasteiger partial charge in [0.1, 0.15) is 5.75 Å². The number of amides is 1. The van der Waals surface area contributed by atoms with E-state index >= 15 is 0 Å². The lowest BCUT2D eigenvalue weighted by Gasteiger charge is -2.25. The Morgan fingerprint density at radius 2 is 2.29 bits per heavy atom. The summed E-state index contributed by atoms with van der Waals surface area (Å²) >= 11 is 5.85. The molecule has 0 saturated carbocycles. The largest absolute Gasteiger partial charge is 0.506 e. The number of hydrogen-bond donors (Lipinski definition) is 1. The molecule has 4 nitrogen and oxygen atoms in total. The first-order valence-corrected chi connectivity index (χ1v) is 7.77. The molecule has 1 atom stereocenters. The third kappa shape index (κ3) is 4.90. The number of rotatable bonds is 5. The Kier molecular flexibility index (Phi) is 5.88. The van der Waals surface area contributed by atoms with Crippen LogP contribution in [0.1, 0.15) is 31.2 Å². The van der Waals surface area contributed by atoms with Gasteiger partial charge in [0.2, 0.25) is 5.91 Å². The number of phenols is 1. The van der Waals surface area contributed by atoms with Crippen molar-refractivity contribution < 1.29 is 14.6 Å². The zero-order valence-electron chi connectivity index (χ0n) is 12.3. The zero-order valence-corrected chi connectivity index (χ0v) is 13.1. The molecule has 1 aliphatic rings. The van der Waals surface area contributed by atoms with Gasteiger partial charge in [-0.1, -0.05) is 17.7 Å². The van der Waals surface area contributed by atoms with Crippen LogP contribution in [-0.4, -0.2) is 42.2 Å². The summed E-state index contributed by atoms with van der Waals surface area (Å²) in [7, 11) is 1.81. The van der Waals surface area contributed by atoms with Crippen LogP contribution in [0.4, 0.5) is 0 Å². The highest BCUT2D eigenvalue weighted by atomic mass is 35.5. The minimum absolute atomic E-state index is 0.0377. The van der Waals surface area contributed by atoms with Gasteiger partial charge < -0.3 is 14.7 Å². The average molecular weight is 312 g/mol. The van der Waals surface area contributed by atoms with Crippen LogP contribution in [0.15, 0.2) is 18.2 Å². The number of likely N-dealkylation sites (N-methyl/N-ethyl adjacent to an activating group) is 1. The minimum atomic E-state index is 0.0377. The fourth-order valence-corrected chi connectivity index (χ4v) is 2.67. The number of benzene rings is 1. The van der Waals surface area contributed by atoms with Crippen LogP contribution >= 0.6 is 11.6 Å². The molecule has 0 radical (unpaired) electrons. The van der Waals surface area contributed by atoms with Gasteiger partial charge in [0.15, 0.2) is 0 Å². The molecule has 1 aliphatic heterocycles. The van der Waals surface area contributed by atoms with Crippen molar-refractivity contribution in [1.82, 2.24) is 4.90 Å². The van der Waals surface area contributed by atoms with E-state index in [1.165, 1.54) is 12.5 Å². The highest BCUT2D eigenvalue weighted by Crippen LogP contribution is 2.24. The predicted octanol–water partition coefficient (Wildman–Crippen LogP) is 3.01. The maximum atomic E-state index is 12.2. The van der Waals surface area contributed by atoms with Gasteiger partial charge in [-0.25, -0.2) is 0 Å². The number of carbonyl (C=O) groups excluding carboxylic acids is 1. The van der Waals surface area contributed by atoms with E-state index in [0.717, 1.165) is 31.4 Å². The fourth-order valence-electron chi connectivity index (χ4n) is 2.47. The molecule has 0 aliphatic carbocycles. The maximum absolute atomic E-state index is 12.2. The van der Waals surface area contributed by atoms with E-state index in [-0.39, 0.29) is 22.8 Å². The van der Waals surface area contributed by atoms with E-state index in [9.17, 15) is 9.90 Å². The lowest BCUT2D eigenvalue weighted by atomic mass is 10.1. The van der Waals surface area contributed by atoms with Gasteiger partial charge in [0.05, 0.1) is 17.5 Å². The van der Waals surface area contributed by atoms with Gasteiger partial charge in [-0.05, 0) is 43.4 Å². The number of ether oxygens (including phenoxy) is 1. The third-order valence-electron chi connectivity index (χ3n) is 3.85. The highest BCUT2D eigenvalue weighted by molar-refractivity contribution is 6.32. The molecule has 116 valence electrons. The summed E-state index contributed by atoms with van der Waals surface area (Å²) in [5, 5.41) is 9.65. The van der Waals surface area contributed by atoms with Gasteiger partial charge in [0, 0.05) is 20.2 Å². The molecule has 0 bridgehead atoms. The van der Waals surface area contributed by atoms with Crippen LogP contribution in [0, 0.1) is 0 Å². The van der Waals surface area contributed by atoms with Crippen LogP contribution in [0.5, 0.6) is 5.75 Å². The Bertz CT molecular complexity index is 486. The quantitative estimate of drug-likeness (QED) is 0.909. The first-order valence-electron chi connectivity index (χ1n) is 7.39. The first kappa shape index (κ1) is 16.1. The van der Waals surface area contributed by atoms with E-state index in [1.807, 2.05) is 7.05 Å². The van der Waals surface area contributed by atoms with Crippen LogP contribution in [0.2, 0.25) is 5.02 Å². The van der Waals surface area contributed by atoms with Crippen molar-refractivity contribution in [3.05, 3.63) is 28.8 Å². The van der Waals surface area contributed by atoms with Crippen LogP contribution in [-0.2, 0) is 16.0 Å². The number of phenolic OH excluding ortho intramolecular Hbond substituents is 1. The molecule has 2 rings (SSSR count). The summed E-state index contributed by atoms with van der Waals surface area (Å²) in [6, 6.07) is 4.87. The van der Waals surface area contributed by atoms with Gasteiger partial charge in [-0.2, -0.15) is 0 Å². The smallest absolute Gasteiger partial charge is 0.226 e. The summed E-state index contributed by atoms with van der Waals surface area (Å²) in [6.07, 6.45) is 4.93. The van der Waals surface area contributed by atoms with Crippen molar-refractivity contribution in [3.63, 3.8) is 0 Å². The van der Waals surface area contributed by atoms with Gasteiger partial charge in [-0.3, -0.25) is 4.79 Å². The topological polar surface area (TPSA) is 49.8 Å². The Morgan fingerprint density at radius 3 is 2.95 bits per heavy atom. The molecule has 0 spiro atoms. The zero-order chi connectivity index (χ0) is 15.2. The molecule has 21 heavy (non-hydrogen) atoms. The predicted molar refractivity (Wildman–Crippen MR) is 82.7 cm³/mol. The molecule has 1 N–H and O–H groups in total. The molecule has 1 heterocycles. The number of halogens is 1. The maximum Gasteiger partial charge on any atom is 0.226 e. The Labute approximate surface area is 130 Å². The van der Waals surface area contributed by atoms with E-state index in [0.29, 0.717) is 13.0 Å². The average Bonchev–Trinajstić information content (AvgIpc) is 2.49. The number of carbonyl (C=O) groups is 1. The monoisotopic (exact) mass is 311 g/mol. The first-order chi connectivity index (χ1) is 10.1. The summed E-state index contributed by atoms with van der Waals surface area (Å²) in [6.45, 7) is 1.55. The van der Waals surface area contributed by atoms with Crippen LogP contribution < -0.4 is 0 Å². The molecule has 0 aromatic heterocycles. The van der Waals surface area contributed by atoms with E-state index in [4.69, 9.17) is 16.3 Å². The summed E-state index contributed by atoms with van der Waals surface area (Å²) < 4.78 is 5.67. The van der Waals surface area contributed by atoms with Crippen molar-refractivity contribution in [1.29, 1.82) is 0 Å². The molecule has 0 unspecified atom stereocenters. The second-order valence-electron chi connectivity index (χ2n) is 5.56. The fraction of sp³-hybridized carbons (Fsp3) is 0.562. The van der Waals surface area contributed by atoms with Crippen LogP contribution in [0.3, 0.4) is 0 Å². The van der Waals surface area contributed by atoms with Crippen molar-refractivity contribution in [2.75, 3.05) is 20.2 Å². The Morgan fingerprint density at radius 1 is 1.48 bits per heavy atom. The van der Waals surface area contributed by atoms with Crippen molar-refractivity contribution >= 4 is 17.5 Å². The Balaban J connectivity index is 1.80. The lowest BCUT2D eigenvalue weighted by Crippen LogP contribution is -2.32. The van der Waals surface area contributed by atoms with Gasteiger partial charge in [0.25, 0.3) is 0 Å². The van der Waals surface area contributed by atoms with Gasteiger partial charge in [-0.15, -0.1) is 0 Å². The third-order valence-corrected chi connectivity index (χ3v) is 4.16. The molecule has 1 aromatic carbocycles. The summed E-state index contributed by atoms with van der Waals surface area (Å²) in [5.41, 5.74) is 0.809. The SMILES string of the molecule is CN(CC[C@@H]1CCCCO1)C(=O)Cc1ccc(O)c(Cl)c1. The lowest BCUT2D eigenvalue weighted by molar-refractivity contribution is -0.129. The highest BCUT2D eigenvalue weighted by Gasteiger charge is 2.16. The summed E-state index contributed by atoms with van der Waals surface area (Å²) in [5.74, 6) is 0.0863. The normalized spacial score (nSPS) is 18.5. The van der Waals surface area contributed by atoms with Crippen molar-refractivity contribution in [3.8, 4) is 5.75 Å². The molecular formula is C16H22ClNO3. The van der Waals surface area contributed by atoms with E-state index in [1.54, 1.807) is 17.0 Å². The molecule has 1 saturated heterocycles. The van der Waals surface area contributed by atoms with Crippen molar-refractivity contribution in [2.45, 2.75) is 38.2 Å². The second kappa shape index (κ2) is 7.66. The molecule has 1 fully saturated rings. The molecule has 1 aromatic rings. The second-order valence-corrected chi connectivity index (χ2v) is 5.96. The number of hydrogen-bond acceptors (Lipinski definition) is 3. The standard InChI is InChI=1S/C16H22ClNO3/c1-18(8-7-13-4-2-3-9-21-13)16(20)11-12-5-6-15(19)14(17)10-12/h5-6,10,13,19H,2-4,7-9,11H2,1H3/t13-/m0/s1. The van der Waals surface area contributed by atoms with Crippen LogP contribution in [0.25, 0.3) is 0 Å². The van der Waals surface area contributed by atoms with E-state index in [2.05, 4.69) is 0 Å². The summed E-state index contributed by atoms with van der Waals surface area (Å²) in [4.78, 5) is 13.9. The Hall–Kier alpha value is -1.26. The minimum Gasteiger partial charge on any atom is -0.506 e. The molecule has 1 amide bonds. The van der Waals surface area contributed by atoms with Gasteiger partial charge >= 0.3 is 0 Å². The molecule has 5 heteroatoms. The van der Waals surface area contributed by atoms with E-state index < -0.39 is 0 Å². The number of aromatic hydroxyl groups is 1. The molecular weight excluding hydrogens is 290 g/mol.